The smallest absolute Gasteiger partial charge is 0.330 e. The summed E-state index contributed by atoms with van der Waals surface area (Å²) >= 11 is 2.22. The number of esters is 2. The number of nitrogens with two attached hydrogens (primary N) is 2. The van der Waals surface area contributed by atoms with E-state index in [0.717, 1.165) is 59.4 Å². The molecule has 0 radical (unpaired) electrons. The summed E-state index contributed by atoms with van der Waals surface area (Å²) in [6, 6.07) is 0.528. The maximum atomic E-state index is 11.4. The quantitative estimate of drug-likeness (QED) is 0.165. The van der Waals surface area contributed by atoms with Gasteiger partial charge < -0.3 is 41.0 Å². The zero-order chi connectivity index (χ0) is 31.8. The van der Waals surface area contributed by atoms with Crippen molar-refractivity contribution >= 4 is 76.5 Å². The third kappa shape index (κ3) is 13.6. The van der Waals surface area contributed by atoms with Crippen molar-refractivity contribution < 1.29 is 28.5 Å². The van der Waals surface area contributed by atoms with Crippen LogP contribution in [0.25, 0.3) is 6.08 Å². The predicted octanol–water partition coefficient (Wildman–Crippen LogP) is 3.47. The molecule has 0 spiro atoms. The van der Waals surface area contributed by atoms with Gasteiger partial charge in [0.1, 0.15) is 11.6 Å². The first-order chi connectivity index (χ1) is 20.6. The van der Waals surface area contributed by atoms with Crippen LogP contribution in [0.15, 0.2) is 18.7 Å². The van der Waals surface area contributed by atoms with Gasteiger partial charge in [0.25, 0.3) is 0 Å². The number of carbonyl (C=O) groups excluding carboxylic acids is 2. The number of hydrogen-bond donors (Lipinski definition) is 4. The van der Waals surface area contributed by atoms with Crippen molar-refractivity contribution in [1.29, 1.82) is 0 Å². The summed E-state index contributed by atoms with van der Waals surface area (Å²) in [5.74, 6) is 1.18. The summed E-state index contributed by atoms with van der Waals surface area (Å²) < 4.78 is 20.9. The molecule has 2 fully saturated rings. The highest BCUT2D eigenvalue weighted by Crippen LogP contribution is 2.23. The Labute approximate surface area is 277 Å². The van der Waals surface area contributed by atoms with Gasteiger partial charge in [-0.25, -0.2) is 19.6 Å². The Kier molecular flexibility index (Phi) is 18.2. The highest BCUT2D eigenvalue weighted by Gasteiger charge is 2.19. The molecule has 0 aromatic carbocycles. The van der Waals surface area contributed by atoms with E-state index in [2.05, 4.69) is 64.5 Å². The zero-order valence-corrected chi connectivity index (χ0v) is 28.4. The van der Waals surface area contributed by atoms with E-state index in [1.54, 1.807) is 19.9 Å². The standard InChI is InChI=1S/C14H20N4O3.C9H13IN4O.C5H8O2.ClH/c1-3-21-12(19)5-4-11-9(2)16-14(15)18-13(11)17-10-6-7-20-8-10;1-5-7(10)8(14-9(11)12-5)13-6-2-3-15-4-6;1-3-5(6)7-4-2;/h4-5,10H,3,6-8H2,1-2H3,(H3,15,16,17,18);6H,2-4H2,1H3,(H3,11,12,13,14);3H,1,4H2,2H3;1H/b5-4+;;;. The monoisotopic (exact) mass is 748 g/mol. The van der Waals surface area contributed by atoms with E-state index in [1.807, 2.05) is 13.8 Å². The van der Waals surface area contributed by atoms with E-state index in [0.29, 0.717) is 43.3 Å². The summed E-state index contributed by atoms with van der Waals surface area (Å²) in [6.07, 6.45) is 6.07. The molecule has 6 N–H and O–H groups in total. The molecule has 0 aliphatic carbocycles. The number of nitrogen functional groups attached to an aromatic ring is 2. The molecule has 0 amide bonds. The fourth-order valence-electron chi connectivity index (χ4n) is 3.82. The lowest BCUT2D eigenvalue weighted by Crippen LogP contribution is -2.21. The lowest BCUT2D eigenvalue weighted by molar-refractivity contribution is -0.138. The van der Waals surface area contributed by atoms with Gasteiger partial charge >= 0.3 is 11.9 Å². The Balaban J connectivity index is 0.000000367. The van der Waals surface area contributed by atoms with Gasteiger partial charge in [-0.1, -0.05) is 6.58 Å². The summed E-state index contributed by atoms with van der Waals surface area (Å²) in [5.41, 5.74) is 13.6. The first-order valence-corrected chi connectivity index (χ1v) is 14.9. The van der Waals surface area contributed by atoms with E-state index in [-0.39, 0.29) is 30.4 Å². The molecule has 244 valence electrons. The topological polar surface area (TPSA) is 199 Å². The first-order valence-electron chi connectivity index (χ1n) is 13.8. The van der Waals surface area contributed by atoms with Crippen LogP contribution in [0, 0.1) is 17.4 Å². The maximum Gasteiger partial charge on any atom is 0.330 e. The van der Waals surface area contributed by atoms with E-state index in [9.17, 15) is 9.59 Å². The van der Waals surface area contributed by atoms with Gasteiger partial charge in [-0.05, 0) is 69.2 Å². The third-order valence-electron chi connectivity index (χ3n) is 5.85. The molecule has 2 aromatic rings. The largest absolute Gasteiger partial charge is 0.463 e. The minimum Gasteiger partial charge on any atom is -0.463 e. The summed E-state index contributed by atoms with van der Waals surface area (Å²) in [6.45, 7) is 14.1. The van der Waals surface area contributed by atoms with Crippen molar-refractivity contribution in [2.24, 2.45) is 0 Å². The molecule has 0 saturated carbocycles. The highest BCUT2D eigenvalue weighted by atomic mass is 127. The van der Waals surface area contributed by atoms with Crippen molar-refractivity contribution in [3.63, 3.8) is 0 Å². The van der Waals surface area contributed by atoms with Crippen LogP contribution in [0.4, 0.5) is 23.5 Å². The molecular formula is C28H42ClIN8O6. The fraction of sp³-hybridized carbons (Fsp3) is 0.500. The second kappa shape index (κ2) is 20.6. The van der Waals surface area contributed by atoms with Crippen LogP contribution >= 0.6 is 35.0 Å². The molecule has 2 aromatic heterocycles. The molecule has 2 aliphatic rings. The Bertz CT molecular complexity index is 1260. The molecule has 0 bridgehead atoms. The van der Waals surface area contributed by atoms with E-state index >= 15 is 0 Å². The van der Waals surface area contributed by atoms with Crippen molar-refractivity contribution in [2.75, 3.05) is 61.7 Å². The third-order valence-corrected chi connectivity index (χ3v) is 7.15. The van der Waals surface area contributed by atoms with Crippen LogP contribution < -0.4 is 22.1 Å². The predicted molar refractivity (Wildman–Crippen MR) is 181 cm³/mol. The number of aromatic nitrogens is 4. The first kappa shape index (κ1) is 38.7. The summed E-state index contributed by atoms with van der Waals surface area (Å²) in [7, 11) is 0. The number of halogens is 2. The van der Waals surface area contributed by atoms with Crippen LogP contribution in [0.5, 0.6) is 0 Å². The fourth-order valence-corrected chi connectivity index (χ4v) is 4.21. The molecule has 2 aliphatic heterocycles. The Hall–Kier alpha value is -3.28. The Morgan fingerprint density at radius 2 is 1.41 bits per heavy atom. The number of nitrogens with zero attached hydrogens (tertiary/aromatic N) is 4. The van der Waals surface area contributed by atoms with Gasteiger partial charge in [0, 0.05) is 30.9 Å². The lowest BCUT2D eigenvalue weighted by atomic mass is 10.1. The molecule has 14 nitrogen and oxygen atoms in total. The number of rotatable bonds is 9. The molecule has 2 saturated heterocycles. The van der Waals surface area contributed by atoms with Crippen molar-refractivity contribution in [1.82, 2.24) is 19.9 Å². The van der Waals surface area contributed by atoms with Crippen molar-refractivity contribution in [2.45, 2.75) is 52.6 Å². The Morgan fingerprint density at radius 1 is 0.909 bits per heavy atom. The molecular weight excluding hydrogens is 707 g/mol. The number of aryl methyl sites for hydroxylation is 2. The minimum atomic E-state index is -0.399. The second-order valence-electron chi connectivity index (χ2n) is 9.21. The number of ether oxygens (including phenoxy) is 4. The molecule has 2 unspecified atom stereocenters. The SMILES string of the molecule is C=CC(=O)OCC.CCOC(=O)/C=C/c1c(C)nc(N)nc1NC1CCOC1.Cc1nc(N)nc(NC2CCOC2)c1I.Cl. The highest BCUT2D eigenvalue weighted by molar-refractivity contribution is 14.1. The summed E-state index contributed by atoms with van der Waals surface area (Å²) in [5, 5.41) is 6.61. The van der Waals surface area contributed by atoms with E-state index in [4.69, 9.17) is 25.7 Å². The van der Waals surface area contributed by atoms with Gasteiger partial charge in [0.15, 0.2) is 0 Å². The molecule has 16 heteroatoms. The number of nitrogens with one attached hydrogen (secondary N) is 2. The van der Waals surface area contributed by atoms with E-state index in [1.165, 1.54) is 6.08 Å². The molecule has 44 heavy (non-hydrogen) atoms. The second-order valence-corrected chi connectivity index (χ2v) is 10.3. The van der Waals surface area contributed by atoms with Crippen LogP contribution in [0.3, 0.4) is 0 Å². The van der Waals surface area contributed by atoms with Gasteiger partial charge in [0.2, 0.25) is 11.9 Å². The number of carbonyl (C=O) groups is 2. The van der Waals surface area contributed by atoms with Crippen molar-refractivity contribution in [3.8, 4) is 0 Å². The van der Waals surface area contributed by atoms with Crippen LogP contribution in [0.1, 0.15) is 43.6 Å². The lowest BCUT2D eigenvalue weighted by Gasteiger charge is -2.15. The minimum absolute atomic E-state index is 0. The van der Waals surface area contributed by atoms with Crippen LogP contribution in [-0.4, -0.2) is 83.6 Å². The average Bonchev–Trinajstić information content (AvgIpc) is 3.67. The van der Waals surface area contributed by atoms with Gasteiger partial charge in [-0.2, -0.15) is 9.97 Å². The van der Waals surface area contributed by atoms with Gasteiger partial charge in [-0.15, -0.1) is 12.4 Å². The summed E-state index contributed by atoms with van der Waals surface area (Å²) in [4.78, 5) is 38.1. The van der Waals surface area contributed by atoms with Crippen LogP contribution in [0.2, 0.25) is 0 Å². The zero-order valence-electron chi connectivity index (χ0n) is 25.4. The Morgan fingerprint density at radius 3 is 1.89 bits per heavy atom. The van der Waals surface area contributed by atoms with Gasteiger partial charge in [0.05, 0.1) is 53.5 Å². The molecule has 4 heterocycles. The maximum absolute atomic E-state index is 11.4. The van der Waals surface area contributed by atoms with Crippen LogP contribution in [-0.2, 0) is 28.5 Å². The van der Waals surface area contributed by atoms with E-state index < -0.39 is 5.97 Å². The molecule has 4 rings (SSSR count). The normalized spacial score (nSPS) is 16.8. The number of hydrogen-bond acceptors (Lipinski definition) is 14. The van der Waals surface area contributed by atoms with Crippen molar-refractivity contribution in [3.05, 3.63) is 39.3 Å². The van der Waals surface area contributed by atoms with Gasteiger partial charge in [-0.3, -0.25) is 0 Å². The average molecular weight is 749 g/mol. The molecule has 2 atom stereocenters. The number of anilines is 4.